The van der Waals surface area contributed by atoms with Gasteiger partial charge in [0.05, 0.1) is 10.6 Å². The first kappa shape index (κ1) is 21.0. The zero-order valence-corrected chi connectivity index (χ0v) is 18.2. The Kier molecular flexibility index (Phi) is 6.29. The molecule has 0 saturated heterocycles. The fourth-order valence-electron chi connectivity index (χ4n) is 3.25. The van der Waals surface area contributed by atoms with Crippen molar-refractivity contribution in [1.29, 1.82) is 0 Å². The van der Waals surface area contributed by atoms with Crippen molar-refractivity contribution >= 4 is 53.1 Å². The van der Waals surface area contributed by atoms with Crippen molar-refractivity contribution < 1.29 is 19.7 Å². The molecule has 2 heterocycles. The predicted octanol–water partition coefficient (Wildman–Crippen LogP) is 5.68. The van der Waals surface area contributed by atoms with Crippen molar-refractivity contribution in [2.75, 3.05) is 0 Å². The maximum absolute atomic E-state index is 10.7. The first-order valence-electron chi connectivity index (χ1n) is 9.72. The van der Waals surface area contributed by atoms with Crippen LogP contribution in [0.25, 0.3) is 11.6 Å². The summed E-state index contributed by atoms with van der Waals surface area (Å²) in [6, 6.07) is 15.7. The summed E-state index contributed by atoms with van der Waals surface area (Å²) in [5, 5.41) is 19.4. The number of carboxylic acids is 1. The molecule has 0 bridgehead atoms. The molecule has 6 nitrogen and oxygen atoms in total. The van der Waals surface area contributed by atoms with E-state index in [4.69, 9.17) is 22.1 Å². The molecule has 0 spiro atoms. The molecule has 1 aliphatic heterocycles. The normalized spacial score (nSPS) is 13.5. The molecule has 0 saturated carbocycles. The van der Waals surface area contributed by atoms with E-state index in [1.165, 1.54) is 11.3 Å². The van der Waals surface area contributed by atoms with Gasteiger partial charge in [0.2, 0.25) is 5.88 Å². The lowest BCUT2D eigenvalue weighted by atomic mass is 10.1. The smallest absolute Gasteiger partial charge is 0.303 e. The van der Waals surface area contributed by atoms with E-state index in [-0.39, 0.29) is 12.3 Å². The fraction of sp³-hybridized carbons (Fsp3) is 0.174. The molecule has 0 amide bonds. The molecule has 0 atom stereocenters. The minimum atomic E-state index is -0.868. The molecule has 0 unspecified atom stereocenters. The SMILES string of the molecule is O=C(O)CCCn1c(O)c(/C=C2/C=Nc3ccc(OCc4ccccc4)cc32)sc1=S. The van der Waals surface area contributed by atoms with Crippen molar-refractivity contribution in [2.45, 2.75) is 26.0 Å². The van der Waals surface area contributed by atoms with Crippen LogP contribution in [-0.4, -0.2) is 27.0 Å². The van der Waals surface area contributed by atoms with Gasteiger partial charge in [0, 0.05) is 30.3 Å². The Balaban J connectivity index is 1.54. The van der Waals surface area contributed by atoms with Crippen LogP contribution in [0.3, 0.4) is 0 Å². The number of carbonyl (C=O) groups is 1. The third-order valence-corrected chi connectivity index (χ3v) is 6.21. The molecule has 3 aromatic rings. The predicted molar refractivity (Wildman–Crippen MR) is 125 cm³/mol. The number of aromatic nitrogens is 1. The molecule has 0 aliphatic carbocycles. The lowest BCUT2D eigenvalue weighted by Gasteiger charge is -2.08. The number of nitrogens with zero attached hydrogens (tertiary/aromatic N) is 2. The summed E-state index contributed by atoms with van der Waals surface area (Å²) in [4.78, 5) is 15.8. The number of allylic oxidation sites excluding steroid dienone is 1. The highest BCUT2D eigenvalue weighted by Gasteiger charge is 2.17. The van der Waals surface area contributed by atoms with Crippen LogP contribution < -0.4 is 4.74 Å². The number of aliphatic imine (C=N–C) groups is 1. The van der Waals surface area contributed by atoms with E-state index in [2.05, 4.69) is 4.99 Å². The zero-order chi connectivity index (χ0) is 21.8. The number of rotatable bonds is 8. The van der Waals surface area contributed by atoms with E-state index in [1.54, 1.807) is 10.8 Å². The topological polar surface area (TPSA) is 84.0 Å². The second-order valence-electron chi connectivity index (χ2n) is 7.02. The highest BCUT2D eigenvalue weighted by Crippen LogP contribution is 2.38. The molecule has 8 heteroatoms. The molecule has 4 rings (SSSR count). The van der Waals surface area contributed by atoms with Gasteiger partial charge in [-0.3, -0.25) is 14.4 Å². The van der Waals surface area contributed by atoms with Crippen LogP contribution in [0, 0.1) is 3.95 Å². The molecule has 2 aromatic carbocycles. The number of aromatic hydroxyl groups is 1. The molecule has 0 fully saturated rings. The second kappa shape index (κ2) is 9.28. The average molecular weight is 453 g/mol. The van der Waals surface area contributed by atoms with Gasteiger partial charge in [-0.05, 0) is 48.5 Å². The minimum absolute atomic E-state index is 0.0271. The summed E-state index contributed by atoms with van der Waals surface area (Å²) < 4.78 is 8.00. The molecule has 0 radical (unpaired) electrons. The number of fused-ring (bicyclic) bond motifs is 1. The zero-order valence-electron chi connectivity index (χ0n) is 16.5. The Morgan fingerprint density at radius 1 is 1.23 bits per heavy atom. The van der Waals surface area contributed by atoms with Crippen molar-refractivity contribution in [3.8, 4) is 11.6 Å². The number of hydrogen-bond donors (Lipinski definition) is 2. The van der Waals surface area contributed by atoms with Crippen LogP contribution in [-0.2, 0) is 17.9 Å². The van der Waals surface area contributed by atoms with Gasteiger partial charge in [0.25, 0.3) is 0 Å². The third kappa shape index (κ3) is 4.92. The molecule has 1 aliphatic rings. The minimum Gasteiger partial charge on any atom is -0.493 e. The third-order valence-electron chi connectivity index (χ3n) is 4.82. The van der Waals surface area contributed by atoms with Crippen molar-refractivity contribution in [3.05, 3.63) is 68.5 Å². The van der Waals surface area contributed by atoms with E-state index in [9.17, 15) is 9.90 Å². The van der Waals surface area contributed by atoms with E-state index in [0.717, 1.165) is 28.1 Å². The molecular weight excluding hydrogens is 432 g/mol. The molecule has 2 N–H and O–H groups in total. The molecule has 1 aromatic heterocycles. The lowest BCUT2D eigenvalue weighted by Crippen LogP contribution is -2.01. The van der Waals surface area contributed by atoms with Gasteiger partial charge in [0.1, 0.15) is 12.4 Å². The summed E-state index contributed by atoms with van der Waals surface area (Å²) in [5.41, 5.74) is 3.69. The van der Waals surface area contributed by atoms with Gasteiger partial charge in [-0.15, -0.1) is 11.3 Å². The molecule has 31 heavy (non-hydrogen) atoms. The van der Waals surface area contributed by atoms with Gasteiger partial charge in [0.15, 0.2) is 3.95 Å². The van der Waals surface area contributed by atoms with Gasteiger partial charge in [-0.1, -0.05) is 30.3 Å². The number of carboxylic acid groups (broad SMARTS) is 1. The Labute approximate surface area is 188 Å². The van der Waals surface area contributed by atoms with Crippen LogP contribution >= 0.6 is 23.6 Å². The van der Waals surface area contributed by atoms with Gasteiger partial charge < -0.3 is 14.9 Å². The van der Waals surface area contributed by atoms with E-state index < -0.39 is 5.97 Å². The largest absolute Gasteiger partial charge is 0.493 e. The van der Waals surface area contributed by atoms with Gasteiger partial charge in [-0.25, -0.2) is 0 Å². The summed E-state index contributed by atoms with van der Waals surface area (Å²) >= 11 is 6.64. The molecular formula is C23H20N2O4S2. The van der Waals surface area contributed by atoms with Crippen molar-refractivity contribution in [3.63, 3.8) is 0 Å². The van der Waals surface area contributed by atoms with Crippen LogP contribution in [0.1, 0.15) is 28.8 Å². The first-order chi connectivity index (χ1) is 15.0. The van der Waals surface area contributed by atoms with Crippen molar-refractivity contribution in [1.82, 2.24) is 4.57 Å². The van der Waals surface area contributed by atoms with Crippen LogP contribution in [0.5, 0.6) is 11.6 Å². The fourth-order valence-corrected chi connectivity index (χ4v) is 4.56. The number of benzene rings is 2. The van der Waals surface area contributed by atoms with Gasteiger partial charge >= 0.3 is 5.97 Å². The van der Waals surface area contributed by atoms with Crippen LogP contribution in [0.15, 0.2) is 53.5 Å². The summed E-state index contributed by atoms with van der Waals surface area (Å²) in [6.07, 6.45) is 4.03. The maximum atomic E-state index is 10.7. The van der Waals surface area contributed by atoms with E-state index in [1.807, 2.05) is 54.6 Å². The maximum Gasteiger partial charge on any atom is 0.303 e. The van der Waals surface area contributed by atoms with E-state index >= 15 is 0 Å². The number of thiazole rings is 1. The summed E-state index contributed by atoms with van der Waals surface area (Å²) in [5.74, 6) is -0.0824. The van der Waals surface area contributed by atoms with Crippen molar-refractivity contribution in [2.24, 2.45) is 4.99 Å². The number of aliphatic carboxylic acids is 1. The number of hydrogen-bond acceptors (Lipinski definition) is 6. The Hall–Kier alpha value is -3.23. The summed E-state index contributed by atoms with van der Waals surface area (Å²) in [6.45, 7) is 0.833. The highest BCUT2D eigenvalue weighted by molar-refractivity contribution is 7.73. The van der Waals surface area contributed by atoms with Crippen LogP contribution in [0.4, 0.5) is 5.69 Å². The number of ether oxygens (including phenoxy) is 1. The Morgan fingerprint density at radius 2 is 2.03 bits per heavy atom. The first-order valence-corrected chi connectivity index (χ1v) is 10.9. The Morgan fingerprint density at radius 3 is 2.81 bits per heavy atom. The lowest BCUT2D eigenvalue weighted by molar-refractivity contribution is -0.137. The average Bonchev–Trinajstić information content (AvgIpc) is 3.28. The second-order valence-corrected chi connectivity index (χ2v) is 8.69. The highest BCUT2D eigenvalue weighted by atomic mass is 32.1. The van der Waals surface area contributed by atoms with E-state index in [0.29, 0.717) is 28.4 Å². The monoisotopic (exact) mass is 452 g/mol. The van der Waals surface area contributed by atoms with Crippen LogP contribution in [0.2, 0.25) is 0 Å². The summed E-state index contributed by atoms with van der Waals surface area (Å²) in [7, 11) is 0. The molecule has 158 valence electrons. The van der Waals surface area contributed by atoms with Gasteiger partial charge in [-0.2, -0.15) is 0 Å². The quantitative estimate of drug-likeness (QED) is 0.429. The Bertz CT molecular complexity index is 1230. The standard InChI is InChI=1S/C23H20N2O4S2/c26-21(27)7-4-10-25-22(28)20(31-23(25)30)11-16-13-24-19-9-8-17(12-18(16)19)29-14-15-5-2-1-3-6-15/h1-3,5-6,8-9,11-13,28H,4,7,10,14H2,(H,26,27)/b16-11-.